The Balaban J connectivity index is 2.27. The second-order valence-corrected chi connectivity index (χ2v) is 12.7. The molecule has 6 nitrogen and oxygen atoms in total. The van der Waals surface area contributed by atoms with Gasteiger partial charge < -0.3 is 18.9 Å². The first-order valence-electron chi connectivity index (χ1n) is 13.7. The summed E-state index contributed by atoms with van der Waals surface area (Å²) in [6.07, 6.45) is 20.8. The molecule has 1 rings (SSSR count). The zero-order valence-corrected chi connectivity index (χ0v) is 23.7. The molecule has 0 bridgehead atoms. The molecule has 0 heterocycles. The summed E-state index contributed by atoms with van der Waals surface area (Å²) in [5.41, 5.74) is -1.22. The van der Waals surface area contributed by atoms with Gasteiger partial charge in [0.2, 0.25) is 0 Å². The van der Waals surface area contributed by atoms with Gasteiger partial charge in [0.05, 0.1) is 19.8 Å². The zero-order chi connectivity index (χ0) is 25.1. The molecule has 0 radical (unpaired) electrons. The summed E-state index contributed by atoms with van der Waals surface area (Å²) in [7, 11) is -3.28. The molecule has 0 aliphatic heterocycles. The van der Waals surface area contributed by atoms with Crippen LogP contribution in [0.5, 0.6) is 0 Å². The van der Waals surface area contributed by atoms with Gasteiger partial charge in [0, 0.05) is 11.9 Å². The van der Waals surface area contributed by atoms with Crippen molar-refractivity contribution in [2.75, 3.05) is 26.1 Å². The maximum Gasteiger partial charge on any atom is 0.435 e. The standard InChI is InChI=1S/C26H51O6PS/c1-4-5-6-7-13-19-25(34-22-14-9-12-18-24-16-10-8-11-17-24)23(2)31-20-15-21-32-33(28,29)26(27)30-3/h23-25H,4-22H2,1-3H3,(H,28,29)/t23-,25+/m0/s1. The summed E-state index contributed by atoms with van der Waals surface area (Å²) < 4.78 is 26.8. The maximum absolute atomic E-state index is 11.6. The number of carbonyl (C=O) groups excluding carboxylic acids is 1. The highest BCUT2D eigenvalue weighted by Gasteiger charge is 2.31. The van der Waals surface area contributed by atoms with E-state index in [9.17, 15) is 14.3 Å². The Morgan fingerprint density at radius 1 is 1.00 bits per heavy atom. The average Bonchev–Trinajstić information content (AvgIpc) is 2.84. The monoisotopic (exact) mass is 522 g/mol. The van der Waals surface area contributed by atoms with E-state index in [-0.39, 0.29) is 12.7 Å². The van der Waals surface area contributed by atoms with Crippen LogP contribution in [0, 0.1) is 5.92 Å². The molecule has 0 aromatic heterocycles. The van der Waals surface area contributed by atoms with Crippen molar-refractivity contribution in [3.8, 4) is 0 Å². The topological polar surface area (TPSA) is 82.1 Å². The number of hydrogen-bond donors (Lipinski definition) is 1. The van der Waals surface area contributed by atoms with Crippen molar-refractivity contribution < 1.29 is 28.3 Å². The number of hydrogen-bond acceptors (Lipinski definition) is 6. The minimum absolute atomic E-state index is 0.00851. The number of rotatable bonds is 21. The Labute approximate surface area is 213 Å². The van der Waals surface area contributed by atoms with E-state index in [0.717, 1.165) is 13.0 Å². The molecule has 1 fully saturated rings. The highest BCUT2D eigenvalue weighted by molar-refractivity contribution is 7.99. The van der Waals surface area contributed by atoms with Crippen molar-refractivity contribution >= 4 is 25.1 Å². The van der Waals surface area contributed by atoms with E-state index in [1.54, 1.807) is 0 Å². The average molecular weight is 523 g/mol. The molecular weight excluding hydrogens is 471 g/mol. The van der Waals surface area contributed by atoms with Crippen molar-refractivity contribution in [3.63, 3.8) is 0 Å². The van der Waals surface area contributed by atoms with Gasteiger partial charge in [-0.15, -0.1) is 0 Å². The van der Waals surface area contributed by atoms with Crippen LogP contribution < -0.4 is 0 Å². The van der Waals surface area contributed by atoms with E-state index in [2.05, 4.69) is 30.3 Å². The Morgan fingerprint density at radius 3 is 2.41 bits per heavy atom. The summed E-state index contributed by atoms with van der Waals surface area (Å²) >= 11 is 2.05. The van der Waals surface area contributed by atoms with E-state index in [0.29, 0.717) is 18.3 Å². The number of ether oxygens (including phenoxy) is 2. The van der Waals surface area contributed by atoms with Crippen LogP contribution >= 0.6 is 19.4 Å². The molecule has 0 aromatic rings. The predicted molar refractivity (Wildman–Crippen MR) is 143 cm³/mol. The minimum atomic E-state index is -4.35. The van der Waals surface area contributed by atoms with Gasteiger partial charge in [0.25, 0.3) is 0 Å². The normalized spacial score (nSPS) is 18.4. The number of thioether (sulfide) groups is 1. The molecule has 34 heavy (non-hydrogen) atoms. The molecule has 3 atom stereocenters. The van der Waals surface area contributed by atoms with Gasteiger partial charge in [-0.2, -0.15) is 11.8 Å². The van der Waals surface area contributed by atoms with E-state index < -0.39 is 13.3 Å². The first-order chi connectivity index (χ1) is 16.4. The first-order valence-corrected chi connectivity index (χ1v) is 16.3. The molecule has 202 valence electrons. The number of methoxy groups -OCH3 is 1. The van der Waals surface area contributed by atoms with E-state index in [1.165, 1.54) is 102 Å². The highest BCUT2D eigenvalue weighted by atomic mass is 32.2. The van der Waals surface area contributed by atoms with Crippen LogP contribution in [0.2, 0.25) is 0 Å². The van der Waals surface area contributed by atoms with Crippen LogP contribution in [0.4, 0.5) is 4.79 Å². The van der Waals surface area contributed by atoms with Crippen LogP contribution in [0.25, 0.3) is 0 Å². The predicted octanol–water partition coefficient (Wildman–Crippen LogP) is 8.35. The van der Waals surface area contributed by atoms with Crippen molar-refractivity contribution in [2.45, 2.75) is 128 Å². The molecule has 1 N–H and O–H groups in total. The lowest BCUT2D eigenvalue weighted by atomic mass is 9.86. The smallest absolute Gasteiger partial charge is 0.435 e. The third-order valence-electron chi connectivity index (χ3n) is 6.77. The van der Waals surface area contributed by atoms with Crippen LogP contribution in [0.3, 0.4) is 0 Å². The van der Waals surface area contributed by atoms with Crippen LogP contribution in [-0.4, -0.2) is 48.0 Å². The highest BCUT2D eigenvalue weighted by Crippen LogP contribution is 2.43. The molecular formula is C26H51O6PS. The van der Waals surface area contributed by atoms with Crippen molar-refractivity contribution in [2.24, 2.45) is 5.92 Å². The summed E-state index contributed by atoms with van der Waals surface area (Å²) in [5, 5.41) is 0.472. The lowest BCUT2D eigenvalue weighted by Gasteiger charge is -2.24. The minimum Gasteiger partial charge on any atom is -0.460 e. The lowest BCUT2D eigenvalue weighted by Crippen LogP contribution is -2.25. The second-order valence-electron chi connectivity index (χ2n) is 9.72. The molecule has 8 heteroatoms. The first kappa shape index (κ1) is 32.0. The summed E-state index contributed by atoms with van der Waals surface area (Å²) in [6, 6.07) is 0. The molecule has 0 aromatic carbocycles. The van der Waals surface area contributed by atoms with Gasteiger partial charge in [0.15, 0.2) is 0 Å². The third kappa shape index (κ3) is 15.1. The maximum atomic E-state index is 11.6. The number of carbonyl (C=O) groups is 1. The van der Waals surface area contributed by atoms with Crippen molar-refractivity contribution in [3.05, 3.63) is 0 Å². The molecule has 1 aliphatic rings. The fourth-order valence-corrected chi connectivity index (χ4v) is 6.69. The number of unbranched alkanes of at least 4 members (excludes halogenated alkanes) is 6. The Morgan fingerprint density at radius 2 is 1.71 bits per heavy atom. The molecule has 1 unspecified atom stereocenters. The van der Waals surface area contributed by atoms with Gasteiger partial charge >= 0.3 is 13.3 Å². The van der Waals surface area contributed by atoms with Gasteiger partial charge in [0.1, 0.15) is 0 Å². The van der Waals surface area contributed by atoms with E-state index >= 15 is 0 Å². The Hall–Kier alpha value is -0.0700. The molecule has 1 aliphatic carbocycles. The Bertz CT molecular complexity index is 555. The summed E-state index contributed by atoms with van der Waals surface area (Å²) in [5.74, 6) is 2.18. The zero-order valence-electron chi connectivity index (χ0n) is 22.0. The fraction of sp³-hybridized carbons (Fsp3) is 0.962. The fourth-order valence-electron chi connectivity index (χ4n) is 4.62. The van der Waals surface area contributed by atoms with Gasteiger partial charge in [-0.25, -0.2) is 9.36 Å². The molecule has 0 spiro atoms. The summed E-state index contributed by atoms with van der Waals surface area (Å²) in [6.45, 7) is 4.81. The lowest BCUT2D eigenvalue weighted by molar-refractivity contribution is 0.0536. The van der Waals surface area contributed by atoms with Gasteiger partial charge in [-0.05, 0) is 37.9 Å². The van der Waals surface area contributed by atoms with Crippen LogP contribution in [0.15, 0.2) is 0 Å². The second kappa shape index (κ2) is 20.0. The third-order valence-corrected chi connectivity index (χ3v) is 9.52. The molecule has 0 amide bonds. The van der Waals surface area contributed by atoms with Crippen LogP contribution in [0.1, 0.15) is 117 Å². The van der Waals surface area contributed by atoms with Crippen molar-refractivity contribution in [1.29, 1.82) is 0 Å². The largest absolute Gasteiger partial charge is 0.460 e. The SMILES string of the molecule is CCCCCCC[C@@H](SCCCCCC1CCCCC1)[C@H](C)OCCCOP(=O)(O)C(=O)OC. The van der Waals surface area contributed by atoms with E-state index in [4.69, 9.17) is 9.26 Å². The van der Waals surface area contributed by atoms with Crippen molar-refractivity contribution in [1.82, 2.24) is 0 Å². The summed E-state index contributed by atoms with van der Waals surface area (Å²) in [4.78, 5) is 20.7. The van der Waals surface area contributed by atoms with Crippen LogP contribution in [-0.2, 0) is 18.6 Å². The quantitative estimate of drug-likeness (QED) is 0.120. The Kier molecular flexibility index (Phi) is 18.8. The van der Waals surface area contributed by atoms with Gasteiger partial charge in [-0.1, -0.05) is 90.4 Å². The van der Waals surface area contributed by atoms with Gasteiger partial charge in [-0.3, -0.25) is 0 Å². The van der Waals surface area contributed by atoms with E-state index in [1.807, 2.05) is 0 Å². The molecule has 0 saturated heterocycles. The molecule has 1 saturated carbocycles.